The summed E-state index contributed by atoms with van der Waals surface area (Å²) in [5, 5.41) is 7.09. The minimum atomic E-state index is -2.52. The molecule has 2 aromatic rings. The van der Waals surface area contributed by atoms with Crippen LogP contribution < -0.4 is 11.1 Å². The Hall–Kier alpha value is -1.62. The van der Waals surface area contributed by atoms with Gasteiger partial charge in [-0.1, -0.05) is 0 Å². The van der Waals surface area contributed by atoms with Gasteiger partial charge in [0.1, 0.15) is 0 Å². The summed E-state index contributed by atoms with van der Waals surface area (Å²) in [4.78, 5) is 0. The fraction of sp³-hybridized carbons (Fsp3) is 0.231. The van der Waals surface area contributed by atoms with Gasteiger partial charge in [-0.05, 0) is 47.0 Å². The van der Waals surface area contributed by atoms with Crippen LogP contribution in [0.4, 0.5) is 20.2 Å². The molecule has 0 atom stereocenters. The lowest BCUT2D eigenvalue weighted by Gasteiger charge is -2.12. The summed E-state index contributed by atoms with van der Waals surface area (Å²) in [6.07, 6.45) is -1.70. The fourth-order valence-corrected chi connectivity index (χ4v) is 2.40. The van der Waals surface area contributed by atoms with Gasteiger partial charge in [-0.3, -0.25) is 0 Å². The number of nitrogens with two attached hydrogens (primary N) is 1. The van der Waals surface area contributed by atoms with Crippen LogP contribution >= 0.6 is 11.3 Å². The fourth-order valence-electron chi connectivity index (χ4n) is 1.70. The van der Waals surface area contributed by atoms with Gasteiger partial charge in [0, 0.05) is 23.5 Å². The first-order valence-corrected chi connectivity index (χ1v) is 6.53. The Bertz CT molecular complexity index is 498. The average Bonchev–Trinajstić information content (AvgIpc) is 2.84. The molecular formula is C13H14F2N2S. The highest BCUT2D eigenvalue weighted by atomic mass is 32.1. The number of anilines is 2. The number of thiophene rings is 1. The average molecular weight is 268 g/mol. The van der Waals surface area contributed by atoms with Gasteiger partial charge in [0.15, 0.2) is 0 Å². The lowest BCUT2D eigenvalue weighted by Crippen LogP contribution is -2.07. The van der Waals surface area contributed by atoms with Crippen molar-refractivity contribution in [1.82, 2.24) is 0 Å². The summed E-state index contributed by atoms with van der Waals surface area (Å²) in [6, 6.07) is 6.57. The molecular weight excluding hydrogens is 254 g/mol. The Kier molecular flexibility index (Phi) is 4.15. The van der Waals surface area contributed by atoms with E-state index >= 15 is 0 Å². The normalized spacial score (nSPS) is 10.8. The molecule has 0 aliphatic heterocycles. The molecule has 0 amide bonds. The summed E-state index contributed by atoms with van der Waals surface area (Å²) in [5.74, 6) is 0. The van der Waals surface area contributed by atoms with E-state index in [0.717, 1.165) is 6.42 Å². The molecule has 0 fully saturated rings. The monoisotopic (exact) mass is 268 g/mol. The standard InChI is InChI=1S/C13H14F2N2S/c14-13(15)11-7-10(16)1-2-12(11)17-5-3-9-4-6-18-8-9/h1-2,4,6-8,13,17H,3,5,16H2. The summed E-state index contributed by atoms with van der Waals surface area (Å²) in [6.45, 7) is 0.625. The zero-order chi connectivity index (χ0) is 13.0. The second-order valence-electron chi connectivity index (χ2n) is 3.96. The Labute approximate surface area is 108 Å². The zero-order valence-electron chi connectivity index (χ0n) is 9.70. The third kappa shape index (κ3) is 3.20. The van der Waals surface area contributed by atoms with Gasteiger partial charge in [-0.2, -0.15) is 11.3 Å². The highest BCUT2D eigenvalue weighted by Gasteiger charge is 2.12. The minimum Gasteiger partial charge on any atom is -0.399 e. The third-order valence-electron chi connectivity index (χ3n) is 2.62. The Morgan fingerprint density at radius 3 is 2.78 bits per heavy atom. The quantitative estimate of drug-likeness (QED) is 0.806. The molecule has 1 heterocycles. The molecule has 0 aliphatic rings. The molecule has 0 aliphatic carbocycles. The lowest BCUT2D eigenvalue weighted by atomic mass is 10.1. The second-order valence-corrected chi connectivity index (χ2v) is 4.74. The van der Waals surface area contributed by atoms with Gasteiger partial charge < -0.3 is 11.1 Å². The van der Waals surface area contributed by atoms with Crippen LogP contribution in [0.5, 0.6) is 0 Å². The van der Waals surface area contributed by atoms with Crippen molar-refractivity contribution in [2.45, 2.75) is 12.8 Å². The highest BCUT2D eigenvalue weighted by Crippen LogP contribution is 2.28. The zero-order valence-corrected chi connectivity index (χ0v) is 10.5. The molecule has 18 heavy (non-hydrogen) atoms. The van der Waals surface area contributed by atoms with E-state index in [2.05, 4.69) is 10.7 Å². The van der Waals surface area contributed by atoms with Crippen LogP contribution in [0.25, 0.3) is 0 Å². The van der Waals surface area contributed by atoms with Gasteiger partial charge in [0.25, 0.3) is 6.43 Å². The van der Waals surface area contributed by atoms with E-state index in [9.17, 15) is 8.78 Å². The number of rotatable bonds is 5. The van der Waals surface area contributed by atoms with Crippen molar-refractivity contribution < 1.29 is 8.78 Å². The van der Waals surface area contributed by atoms with Gasteiger partial charge in [0.2, 0.25) is 0 Å². The number of hydrogen-bond donors (Lipinski definition) is 2. The number of halogens is 2. The first-order valence-electron chi connectivity index (χ1n) is 5.59. The second kappa shape index (κ2) is 5.82. The smallest absolute Gasteiger partial charge is 0.265 e. The van der Waals surface area contributed by atoms with E-state index in [-0.39, 0.29) is 5.56 Å². The molecule has 1 aromatic carbocycles. The van der Waals surface area contributed by atoms with E-state index in [0.29, 0.717) is 17.9 Å². The lowest BCUT2D eigenvalue weighted by molar-refractivity contribution is 0.152. The van der Waals surface area contributed by atoms with E-state index in [1.54, 1.807) is 23.5 Å². The van der Waals surface area contributed by atoms with E-state index < -0.39 is 6.43 Å². The van der Waals surface area contributed by atoms with Crippen molar-refractivity contribution in [3.05, 3.63) is 46.2 Å². The maximum absolute atomic E-state index is 12.8. The summed E-state index contributed by atoms with van der Waals surface area (Å²) in [5.41, 5.74) is 7.49. The molecule has 1 aromatic heterocycles. The SMILES string of the molecule is Nc1ccc(NCCc2ccsc2)c(C(F)F)c1. The van der Waals surface area contributed by atoms with Crippen molar-refractivity contribution in [1.29, 1.82) is 0 Å². The van der Waals surface area contributed by atoms with Crippen LogP contribution in [0.1, 0.15) is 17.6 Å². The number of hydrogen-bond acceptors (Lipinski definition) is 3. The Balaban J connectivity index is 2.00. The first-order chi connectivity index (χ1) is 8.66. The highest BCUT2D eigenvalue weighted by molar-refractivity contribution is 7.07. The van der Waals surface area contributed by atoms with Gasteiger partial charge in [-0.15, -0.1) is 0 Å². The molecule has 5 heteroatoms. The molecule has 0 saturated heterocycles. The Morgan fingerprint density at radius 2 is 2.11 bits per heavy atom. The maximum atomic E-state index is 12.8. The summed E-state index contributed by atoms with van der Waals surface area (Å²) >= 11 is 1.63. The maximum Gasteiger partial charge on any atom is 0.265 e. The number of nitrogens with one attached hydrogen (secondary N) is 1. The molecule has 3 N–H and O–H groups in total. The van der Waals surface area contributed by atoms with Gasteiger partial charge in [0.05, 0.1) is 0 Å². The summed E-state index contributed by atoms with van der Waals surface area (Å²) in [7, 11) is 0. The third-order valence-corrected chi connectivity index (χ3v) is 3.35. The molecule has 96 valence electrons. The number of nitrogen functional groups attached to an aromatic ring is 1. The van der Waals surface area contributed by atoms with Crippen LogP contribution in [-0.4, -0.2) is 6.54 Å². The number of alkyl halides is 2. The van der Waals surface area contributed by atoms with Gasteiger partial charge >= 0.3 is 0 Å². The van der Waals surface area contributed by atoms with Crippen molar-refractivity contribution in [3.63, 3.8) is 0 Å². The summed E-state index contributed by atoms with van der Waals surface area (Å²) < 4.78 is 25.6. The predicted octanol–water partition coefficient (Wildman–Crippen LogP) is 3.92. The molecule has 0 saturated carbocycles. The first kappa shape index (κ1) is 12.8. The van der Waals surface area contributed by atoms with Crippen molar-refractivity contribution in [3.8, 4) is 0 Å². The van der Waals surface area contributed by atoms with E-state index in [4.69, 9.17) is 5.73 Å². The molecule has 0 bridgehead atoms. The molecule has 0 radical (unpaired) electrons. The van der Waals surface area contributed by atoms with Crippen molar-refractivity contribution in [2.75, 3.05) is 17.6 Å². The van der Waals surface area contributed by atoms with Crippen LogP contribution in [0.15, 0.2) is 35.0 Å². The van der Waals surface area contributed by atoms with E-state index in [1.807, 2.05) is 11.4 Å². The number of benzene rings is 1. The van der Waals surface area contributed by atoms with Crippen molar-refractivity contribution in [2.24, 2.45) is 0 Å². The van der Waals surface area contributed by atoms with Crippen LogP contribution in [0, 0.1) is 0 Å². The minimum absolute atomic E-state index is 0.0414. The van der Waals surface area contributed by atoms with Crippen molar-refractivity contribution >= 4 is 22.7 Å². The Morgan fingerprint density at radius 1 is 1.28 bits per heavy atom. The van der Waals surface area contributed by atoms with Crippen LogP contribution in [0.3, 0.4) is 0 Å². The van der Waals surface area contributed by atoms with Crippen LogP contribution in [0.2, 0.25) is 0 Å². The predicted molar refractivity (Wildman–Crippen MR) is 72.3 cm³/mol. The molecule has 0 spiro atoms. The largest absolute Gasteiger partial charge is 0.399 e. The topological polar surface area (TPSA) is 38.0 Å². The molecule has 2 nitrogen and oxygen atoms in total. The molecule has 0 unspecified atom stereocenters. The van der Waals surface area contributed by atoms with E-state index in [1.165, 1.54) is 11.6 Å². The van der Waals surface area contributed by atoms with Crippen LogP contribution in [-0.2, 0) is 6.42 Å². The molecule has 2 rings (SSSR count). The van der Waals surface area contributed by atoms with Gasteiger partial charge in [-0.25, -0.2) is 8.78 Å².